The van der Waals surface area contributed by atoms with Gasteiger partial charge in [-0.3, -0.25) is 14.3 Å². The number of nitrogens with zero attached hydrogens (tertiary/aromatic N) is 3. The molecular formula is C25H27N5O4. The van der Waals surface area contributed by atoms with Gasteiger partial charge in [0.15, 0.2) is 11.2 Å². The zero-order valence-electron chi connectivity index (χ0n) is 19.2. The zero-order valence-corrected chi connectivity index (χ0v) is 19.2. The molecule has 1 amide bonds. The number of aryl methyl sites for hydroxylation is 1. The summed E-state index contributed by atoms with van der Waals surface area (Å²) in [4.78, 5) is 19.9. The van der Waals surface area contributed by atoms with E-state index in [0.29, 0.717) is 45.1 Å². The number of hydrogen-bond donors (Lipinski definition) is 3. The standard InChI is InChI=1S/C25H27N5O4/c1-12-3-4-16(31)13(2)20(12)30-22(26)19(23(27)32)18-21-15(7-10-33-21)25(28-24(18)30)34-17-11-29-8-5-14(17)6-9-29/h3-4,7,10,14,17,31H,5-6,8-9,11,26H2,1-2H3,(H2,27,32). The van der Waals surface area contributed by atoms with Crippen LogP contribution in [0.1, 0.15) is 34.3 Å². The molecule has 1 atom stereocenters. The van der Waals surface area contributed by atoms with Crippen LogP contribution in [0.2, 0.25) is 0 Å². The van der Waals surface area contributed by atoms with E-state index in [1.54, 1.807) is 36.0 Å². The van der Waals surface area contributed by atoms with Crippen LogP contribution in [0.5, 0.6) is 11.6 Å². The van der Waals surface area contributed by atoms with E-state index in [-0.39, 0.29) is 23.2 Å². The van der Waals surface area contributed by atoms with E-state index >= 15 is 0 Å². The number of amides is 1. The number of carbonyl (C=O) groups is 1. The minimum Gasteiger partial charge on any atom is -0.508 e. The van der Waals surface area contributed by atoms with Gasteiger partial charge in [0.05, 0.1) is 28.3 Å². The van der Waals surface area contributed by atoms with Crippen molar-refractivity contribution in [2.24, 2.45) is 11.7 Å². The number of pyridine rings is 1. The van der Waals surface area contributed by atoms with E-state index in [1.165, 1.54) is 0 Å². The number of ether oxygens (including phenoxy) is 1. The molecule has 4 aromatic rings. The third-order valence-corrected chi connectivity index (χ3v) is 7.45. The molecule has 5 N–H and O–H groups in total. The molecule has 0 saturated carbocycles. The lowest BCUT2D eigenvalue weighted by molar-refractivity contribution is -0.00899. The molecule has 3 aromatic heterocycles. The number of benzene rings is 1. The van der Waals surface area contributed by atoms with E-state index in [2.05, 4.69) is 4.90 Å². The van der Waals surface area contributed by atoms with Gasteiger partial charge in [0.25, 0.3) is 5.91 Å². The van der Waals surface area contributed by atoms with E-state index < -0.39 is 5.91 Å². The van der Waals surface area contributed by atoms with E-state index in [4.69, 9.17) is 25.6 Å². The minimum absolute atomic E-state index is 0.0335. The van der Waals surface area contributed by atoms with E-state index in [1.807, 2.05) is 6.92 Å². The van der Waals surface area contributed by atoms with Crippen molar-refractivity contribution in [2.75, 3.05) is 25.4 Å². The summed E-state index contributed by atoms with van der Waals surface area (Å²) in [7, 11) is 0. The van der Waals surface area contributed by atoms with Gasteiger partial charge in [0.1, 0.15) is 17.7 Å². The van der Waals surface area contributed by atoms with Crippen LogP contribution in [0.4, 0.5) is 5.82 Å². The maximum atomic E-state index is 12.5. The SMILES string of the molecule is Cc1ccc(O)c(C)c1-n1c(N)c(C(N)=O)c2c3occc3c(OC3CN4CCC3CC4)nc21. The van der Waals surface area contributed by atoms with E-state index in [9.17, 15) is 9.90 Å². The number of rotatable bonds is 4. The minimum atomic E-state index is -0.678. The number of nitrogens with two attached hydrogens (primary N) is 2. The fourth-order valence-electron chi connectivity index (χ4n) is 5.65. The van der Waals surface area contributed by atoms with Crippen LogP contribution in [0, 0.1) is 19.8 Å². The number of anilines is 1. The Bertz CT molecular complexity index is 1460. The van der Waals surface area contributed by atoms with Crippen molar-refractivity contribution in [3.05, 3.63) is 41.2 Å². The first-order valence-corrected chi connectivity index (χ1v) is 11.5. The van der Waals surface area contributed by atoms with Crippen molar-refractivity contribution in [3.8, 4) is 17.3 Å². The summed E-state index contributed by atoms with van der Waals surface area (Å²) in [5.74, 6) is 0.510. The number of aromatic nitrogens is 2. The van der Waals surface area contributed by atoms with Crippen molar-refractivity contribution in [1.29, 1.82) is 0 Å². The van der Waals surface area contributed by atoms with Gasteiger partial charge in [-0.05, 0) is 63.4 Å². The monoisotopic (exact) mass is 461 g/mol. The summed E-state index contributed by atoms with van der Waals surface area (Å²) in [5.41, 5.74) is 15.4. The summed E-state index contributed by atoms with van der Waals surface area (Å²) in [6.45, 7) is 6.78. The maximum absolute atomic E-state index is 12.5. The smallest absolute Gasteiger partial charge is 0.253 e. The van der Waals surface area contributed by atoms with Gasteiger partial charge in [-0.15, -0.1) is 0 Å². The Hall–Kier alpha value is -3.72. The molecule has 7 rings (SSSR count). The molecule has 3 aliphatic rings. The van der Waals surface area contributed by atoms with Gasteiger partial charge in [0, 0.05) is 12.1 Å². The number of piperidine rings is 3. The number of furan rings is 1. The van der Waals surface area contributed by atoms with Gasteiger partial charge < -0.3 is 25.7 Å². The molecule has 3 fully saturated rings. The Balaban J connectivity index is 1.63. The summed E-state index contributed by atoms with van der Waals surface area (Å²) in [6, 6.07) is 5.22. The maximum Gasteiger partial charge on any atom is 0.253 e. The predicted octanol–water partition coefficient (Wildman–Crippen LogP) is 3.25. The highest BCUT2D eigenvalue weighted by Crippen LogP contribution is 2.42. The molecule has 1 aromatic carbocycles. The third kappa shape index (κ3) is 2.89. The molecule has 1 unspecified atom stereocenters. The Kier molecular flexibility index (Phi) is 4.54. The first kappa shape index (κ1) is 20.9. The quantitative estimate of drug-likeness (QED) is 0.425. The van der Waals surface area contributed by atoms with Crippen LogP contribution >= 0.6 is 0 Å². The average molecular weight is 462 g/mol. The number of aromatic hydroxyl groups is 1. The fourth-order valence-corrected chi connectivity index (χ4v) is 5.65. The third-order valence-electron chi connectivity index (χ3n) is 7.45. The zero-order chi connectivity index (χ0) is 23.7. The Morgan fingerprint density at radius 1 is 1.24 bits per heavy atom. The number of phenolic OH excluding ortho intramolecular Hbond substituents is 1. The van der Waals surface area contributed by atoms with Crippen molar-refractivity contribution >= 4 is 33.7 Å². The lowest BCUT2D eigenvalue weighted by Crippen LogP contribution is -2.52. The average Bonchev–Trinajstić information content (AvgIpc) is 3.41. The normalized spacial score (nSPS) is 22.0. The fraction of sp³-hybridized carbons (Fsp3) is 0.360. The largest absolute Gasteiger partial charge is 0.508 e. The second kappa shape index (κ2) is 7.39. The molecular weight excluding hydrogens is 434 g/mol. The molecule has 3 aliphatic heterocycles. The summed E-state index contributed by atoms with van der Waals surface area (Å²) >= 11 is 0. The van der Waals surface area contributed by atoms with Gasteiger partial charge in [-0.2, -0.15) is 4.98 Å². The summed E-state index contributed by atoms with van der Waals surface area (Å²) in [6.07, 6.45) is 3.81. The molecule has 9 heteroatoms. The van der Waals surface area contributed by atoms with Gasteiger partial charge in [-0.1, -0.05) is 6.07 Å². The van der Waals surface area contributed by atoms with Gasteiger partial charge in [-0.25, -0.2) is 0 Å². The summed E-state index contributed by atoms with van der Waals surface area (Å²) in [5, 5.41) is 11.5. The molecule has 9 nitrogen and oxygen atoms in total. The Morgan fingerprint density at radius 3 is 2.68 bits per heavy atom. The van der Waals surface area contributed by atoms with Gasteiger partial charge >= 0.3 is 0 Å². The lowest BCUT2D eigenvalue weighted by Gasteiger charge is -2.44. The van der Waals surface area contributed by atoms with Crippen molar-refractivity contribution in [3.63, 3.8) is 0 Å². The lowest BCUT2D eigenvalue weighted by atomic mass is 9.86. The van der Waals surface area contributed by atoms with Crippen LogP contribution in [-0.2, 0) is 0 Å². The highest BCUT2D eigenvalue weighted by molar-refractivity contribution is 6.19. The highest BCUT2D eigenvalue weighted by atomic mass is 16.5. The second-order valence-corrected chi connectivity index (χ2v) is 9.41. The number of carbonyl (C=O) groups excluding carboxylic acids is 1. The van der Waals surface area contributed by atoms with Crippen LogP contribution in [0.3, 0.4) is 0 Å². The van der Waals surface area contributed by atoms with E-state index in [0.717, 1.165) is 38.0 Å². The number of fused-ring (bicyclic) bond motifs is 6. The molecule has 2 bridgehead atoms. The van der Waals surface area contributed by atoms with Crippen LogP contribution in [0.25, 0.3) is 27.7 Å². The van der Waals surface area contributed by atoms with Crippen molar-refractivity contribution < 1.29 is 19.1 Å². The van der Waals surface area contributed by atoms with Crippen LogP contribution in [0.15, 0.2) is 28.9 Å². The number of hydrogen-bond acceptors (Lipinski definition) is 7. The number of primary amides is 1. The Labute approximate surface area is 195 Å². The first-order chi connectivity index (χ1) is 16.3. The molecule has 0 aliphatic carbocycles. The molecule has 3 saturated heterocycles. The molecule has 176 valence electrons. The predicted molar refractivity (Wildman–Crippen MR) is 128 cm³/mol. The first-order valence-electron chi connectivity index (χ1n) is 11.5. The van der Waals surface area contributed by atoms with Crippen molar-refractivity contribution in [2.45, 2.75) is 32.8 Å². The molecule has 0 radical (unpaired) electrons. The topological polar surface area (TPSA) is 133 Å². The molecule has 6 heterocycles. The highest BCUT2D eigenvalue weighted by Gasteiger charge is 2.37. The van der Waals surface area contributed by atoms with Crippen molar-refractivity contribution in [1.82, 2.24) is 14.5 Å². The Morgan fingerprint density at radius 2 is 2.00 bits per heavy atom. The molecule has 0 spiro atoms. The second-order valence-electron chi connectivity index (χ2n) is 9.41. The summed E-state index contributed by atoms with van der Waals surface area (Å²) < 4.78 is 14.0. The van der Waals surface area contributed by atoms with Gasteiger partial charge in [0.2, 0.25) is 5.88 Å². The number of nitrogen functional groups attached to an aromatic ring is 1. The van der Waals surface area contributed by atoms with Crippen LogP contribution < -0.4 is 16.2 Å². The molecule has 34 heavy (non-hydrogen) atoms. The number of phenols is 1. The van der Waals surface area contributed by atoms with Crippen LogP contribution in [-0.4, -0.2) is 51.2 Å².